The van der Waals surface area contributed by atoms with Crippen molar-refractivity contribution in [2.24, 2.45) is 0 Å². The van der Waals surface area contributed by atoms with E-state index in [2.05, 4.69) is 25.7 Å². The quantitative estimate of drug-likeness (QED) is 0.375. The van der Waals surface area contributed by atoms with Gasteiger partial charge in [0, 0.05) is 17.0 Å². The van der Waals surface area contributed by atoms with Gasteiger partial charge in [-0.3, -0.25) is 19.5 Å². The van der Waals surface area contributed by atoms with Gasteiger partial charge in [0.25, 0.3) is 5.91 Å². The van der Waals surface area contributed by atoms with E-state index in [-0.39, 0.29) is 36.0 Å². The number of fused-ring (bicyclic) bond motifs is 1. The van der Waals surface area contributed by atoms with Gasteiger partial charge in [-0.1, -0.05) is 44.4 Å². The molecule has 0 radical (unpaired) electrons. The maximum absolute atomic E-state index is 13.8. The van der Waals surface area contributed by atoms with Gasteiger partial charge in [-0.25, -0.2) is 4.39 Å². The molecule has 2 amide bonds. The standard InChI is InChI=1S/C28H30FN7O2/c1-2-25(28(38)31-22-9-4-3-5-10-22)36(23-16-20-8-6-7-11-24(20)30-17-23)26(37)18-35-33-27(32-34-35)19-12-14-21(29)15-13-19/h6-8,11-17,22,25H,2-5,9-10,18H2,1H3,(H,31,38)/t25-/m1/s1. The van der Waals surface area contributed by atoms with Crippen molar-refractivity contribution in [3.63, 3.8) is 0 Å². The molecule has 0 unspecified atom stereocenters. The molecular weight excluding hydrogens is 485 g/mol. The third-order valence-electron chi connectivity index (χ3n) is 6.91. The molecule has 2 aromatic carbocycles. The number of nitrogens with one attached hydrogen (secondary N) is 1. The molecule has 4 aromatic rings. The van der Waals surface area contributed by atoms with Gasteiger partial charge >= 0.3 is 0 Å². The van der Waals surface area contributed by atoms with Crippen molar-refractivity contribution in [3.8, 4) is 11.4 Å². The number of rotatable bonds is 8. The Bertz CT molecular complexity index is 1420. The number of nitrogens with zero attached hydrogens (tertiary/aromatic N) is 6. The highest BCUT2D eigenvalue weighted by Crippen LogP contribution is 2.25. The average molecular weight is 516 g/mol. The third kappa shape index (κ3) is 5.69. The highest BCUT2D eigenvalue weighted by Gasteiger charge is 2.32. The van der Waals surface area contributed by atoms with Crippen LogP contribution in [0.25, 0.3) is 22.3 Å². The lowest BCUT2D eigenvalue weighted by Crippen LogP contribution is -2.53. The van der Waals surface area contributed by atoms with Gasteiger partial charge in [-0.05, 0) is 60.9 Å². The van der Waals surface area contributed by atoms with Crippen LogP contribution in [0.4, 0.5) is 10.1 Å². The number of carbonyl (C=O) groups is 2. The lowest BCUT2D eigenvalue weighted by atomic mass is 9.95. The number of halogens is 1. The van der Waals surface area contributed by atoms with Crippen molar-refractivity contribution in [1.29, 1.82) is 0 Å². The Morgan fingerprint density at radius 3 is 2.63 bits per heavy atom. The topological polar surface area (TPSA) is 106 Å². The van der Waals surface area contributed by atoms with Crippen LogP contribution in [0.5, 0.6) is 0 Å². The molecule has 1 aliphatic carbocycles. The highest BCUT2D eigenvalue weighted by atomic mass is 19.1. The molecule has 5 rings (SSSR count). The molecule has 0 aliphatic heterocycles. The maximum Gasteiger partial charge on any atom is 0.251 e. The first-order valence-electron chi connectivity index (χ1n) is 13.0. The van der Waals surface area contributed by atoms with Gasteiger partial charge in [-0.15, -0.1) is 10.2 Å². The molecule has 10 heteroatoms. The average Bonchev–Trinajstić information content (AvgIpc) is 3.40. The minimum atomic E-state index is -0.729. The number of hydrogen-bond donors (Lipinski definition) is 1. The van der Waals surface area contributed by atoms with Gasteiger partial charge in [0.15, 0.2) is 0 Å². The zero-order chi connectivity index (χ0) is 26.5. The molecule has 9 nitrogen and oxygen atoms in total. The van der Waals surface area contributed by atoms with Crippen molar-refractivity contribution in [3.05, 3.63) is 66.6 Å². The van der Waals surface area contributed by atoms with Crippen molar-refractivity contribution < 1.29 is 14.0 Å². The van der Waals surface area contributed by atoms with Crippen LogP contribution < -0.4 is 10.2 Å². The second kappa shape index (κ2) is 11.5. The number of anilines is 1. The summed E-state index contributed by atoms with van der Waals surface area (Å²) >= 11 is 0. The SMILES string of the molecule is CC[C@H](C(=O)NC1CCCCC1)N(C(=O)Cn1nnc(-c2ccc(F)cc2)n1)c1cnc2ccccc2c1. The number of pyridine rings is 1. The number of hydrogen-bond acceptors (Lipinski definition) is 6. The van der Waals surface area contributed by atoms with Crippen molar-refractivity contribution in [2.75, 3.05) is 4.90 Å². The normalized spacial score (nSPS) is 14.8. The Hall–Kier alpha value is -4.21. The van der Waals surface area contributed by atoms with Crippen LogP contribution in [0.3, 0.4) is 0 Å². The molecular formula is C28H30FN7O2. The molecule has 1 N–H and O–H groups in total. The van der Waals surface area contributed by atoms with Crippen molar-refractivity contribution in [2.45, 2.75) is 64.1 Å². The first-order valence-corrected chi connectivity index (χ1v) is 13.0. The van der Waals surface area contributed by atoms with Crippen LogP contribution in [0.2, 0.25) is 0 Å². The lowest BCUT2D eigenvalue weighted by Gasteiger charge is -2.32. The van der Waals surface area contributed by atoms with E-state index in [1.165, 1.54) is 28.2 Å². The second-order valence-electron chi connectivity index (χ2n) is 9.57. The van der Waals surface area contributed by atoms with Crippen LogP contribution in [0.1, 0.15) is 45.4 Å². The van der Waals surface area contributed by atoms with Crippen LogP contribution >= 0.6 is 0 Å². The fraction of sp³-hybridized carbons (Fsp3) is 0.357. The Morgan fingerprint density at radius 2 is 1.87 bits per heavy atom. The summed E-state index contributed by atoms with van der Waals surface area (Å²) in [6.45, 7) is 1.66. The molecule has 0 saturated heterocycles. The van der Waals surface area contributed by atoms with Crippen molar-refractivity contribution >= 4 is 28.4 Å². The molecule has 1 saturated carbocycles. The number of tetrazole rings is 1. The summed E-state index contributed by atoms with van der Waals surface area (Å²) in [6, 6.07) is 14.6. The van der Waals surface area contributed by atoms with Gasteiger partial charge in [-0.2, -0.15) is 4.80 Å². The number of amides is 2. The molecule has 1 atom stereocenters. The number of benzene rings is 2. The number of para-hydroxylation sites is 1. The molecule has 2 aromatic heterocycles. The summed E-state index contributed by atoms with van der Waals surface area (Å²) in [5.41, 5.74) is 1.91. The Kier molecular flexibility index (Phi) is 7.67. The van der Waals surface area contributed by atoms with Crippen LogP contribution in [-0.2, 0) is 16.1 Å². The van der Waals surface area contributed by atoms with Gasteiger partial charge in [0.2, 0.25) is 11.7 Å². The van der Waals surface area contributed by atoms with E-state index in [0.717, 1.165) is 36.6 Å². The molecule has 196 valence electrons. The minimum absolute atomic E-state index is 0.118. The molecule has 0 bridgehead atoms. The highest BCUT2D eigenvalue weighted by molar-refractivity contribution is 6.01. The minimum Gasteiger partial charge on any atom is -0.352 e. The van der Waals surface area contributed by atoms with Gasteiger partial charge < -0.3 is 5.32 Å². The zero-order valence-corrected chi connectivity index (χ0v) is 21.3. The third-order valence-corrected chi connectivity index (χ3v) is 6.91. The lowest BCUT2D eigenvalue weighted by molar-refractivity contribution is -0.127. The summed E-state index contributed by atoms with van der Waals surface area (Å²) in [6.07, 6.45) is 7.30. The van der Waals surface area contributed by atoms with Crippen LogP contribution in [0, 0.1) is 5.82 Å². The summed E-state index contributed by atoms with van der Waals surface area (Å²) in [5, 5.41) is 16.4. The molecule has 1 aliphatic rings. The molecule has 2 heterocycles. The first kappa shape index (κ1) is 25.4. The molecule has 1 fully saturated rings. The summed E-state index contributed by atoms with van der Waals surface area (Å²) in [4.78, 5) is 34.5. The maximum atomic E-state index is 13.8. The van der Waals surface area contributed by atoms with Crippen LogP contribution in [-0.4, -0.2) is 49.1 Å². The van der Waals surface area contributed by atoms with E-state index in [1.54, 1.807) is 18.3 Å². The van der Waals surface area contributed by atoms with Gasteiger partial charge in [0.1, 0.15) is 18.4 Å². The Balaban J connectivity index is 1.43. The Labute approximate surface area is 220 Å². The molecule has 38 heavy (non-hydrogen) atoms. The number of aromatic nitrogens is 5. The number of carbonyl (C=O) groups excluding carboxylic acids is 2. The van der Waals surface area contributed by atoms with E-state index in [4.69, 9.17) is 0 Å². The smallest absolute Gasteiger partial charge is 0.251 e. The summed E-state index contributed by atoms with van der Waals surface area (Å²) in [5.74, 6) is -0.637. The van der Waals surface area contributed by atoms with E-state index >= 15 is 0 Å². The zero-order valence-electron chi connectivity index (χ0n) is 21.3. The fourth-order valence-electron chi connectivity index (χ4n) is 4.94. The van der Waals surface area contributed by atoms with Crippen molar-refractivity contribution in [1.82, 2.24) is 30.5 Å². The van der Waals surface area contributed by atoms with E-state index in [1.807, 2.05) is 37.3 Å². The Morgan fingerprint density at radius 1 is 1.11 bits per heavy atom. The van der Waals surface area contributed by atoms with E-state index in [0.29, 0.717) is 17.7 Å². The van der Waals surface area contributed by atoms with E-state index < -0.39 is 6.04 Å². The largest absolute Gasteiger partial charge is 0.352 e. The monoisotopic (exact) mass is 515 g/mol. The predicted molar refractivity (Wildman–Crippen MR) is 142 cm³/mol. The molecule has 0 spiro atoms. The van der Waals surface area contributed by atoms with Gasteiger partial charge in [0.05, 0.1) is 17.4 Å². The fourth-order valence-corrected chi connectivity index (χ4v) is 4.94. The summed E-state index contributed by atoms with van der Waals surface area (Å²) in [7, 11) is 0. The summed E-state index contributed by atoms with van der Waals surface area (Å²) < 4.78 is 13.3. The van der Waals surface area contributed by atoms with Crippen LogP contribution in [0.15, 0.2) is 60.8 Å². The van der Waals surface area contributed by atoms with E-state index in [9.17, 15) is 14.0 Å². The predicted octanol–water partition coefficient (Wildman–Crippen LogP) is 4.29. The first-order chi connectivity index (χ1) is 18.5. The second-order valence-corrected chi connectivity index (χ2v) is 9.57.